The zero-order valence-electron chi connectivity index (χ0n) is 13.1. The van der Waals surface area contributed by atoms with Gasteiger partial charge in [0.15, 0.2) is 6.61 Å². The molecular weight excluding hydrogens is 309 g/mol. The number of nitrogens with one attached hydrogen (secondary N) is 1. The van der Waals surface area contributed by atoms with Gasteiger partial charge in [0, 0.05) is 6.54 Å². The summed E-state index contributed by atoms with van der Waals surface area (Å²) in [6.45, 7) is 1.68. The first-order valence-corrected chi connectivity index (χ1v) is 7.69. The van der Waals surface area contributed by atoms with E-state index in [0.29, 0.717) is 5.75 Å². The molecule has 0 saturated heterocycles. The number of fused-ring (bicyclic) bond motifs is 1. The van der Waals surface area contributed by atoms with Gasteiger partial charge >= 0.3 is 6.18 Å². The quantitative estimate of drug-likeness (QED) is 0.900. The summed E-state index contributed by atoms with van der Waals surface area (Å²) in [4.78, 5) is 12.6. The fourth-order valence-corrected chi connectivity index (χ4v) is 2.57. The second kappa shape index (κ2) is 7.68. The Bertz CT molecular complexity index is 547. The summed E-state index contributed by atoms with van der Waals surface area (Å²) in [5.74, 6) is -0.150. The third-order valence-electron chi connectivity index (χ3n) is 3.79. The molecule has 0 bridgehead atoms. The van der Waals surface area contributed by atoms with Crippen LogP contribution in [0.2, 0.25) is 0 Å². The molecule has 0 radical (unpaired) electrons. The van der Waals surface area contributed by atoms with Gasteiger partial charge in [-0.1, -0.05) is 6.07 Å². The van der Waals surface area contributed by atoms with E-state index in [1.54, 1.807) is 6.07 Å². The topological polar surface area (TPSA) is 41.6 Å². The van der Waals surface area contributed by atoms with E-state index in [9.17, 15) is 18.0 Å². The van der Waals surface area contributed by atoms with Gasteiger partial charge in [-0.05, 0) is 56.1 Å². The molecule has 1 aliphatic heterocycles. The molecule has 0 fully saturated rings. The molecule has 0 spiro atoms. The SMILES string of the molecule is CCN(CC(F)(F)F)C(=O)COc1ccc2c(c1)CCNCC2. The summed E-state index contributed by atoms with van der Waals surface area (Å²) in [5.41, 5.74) is 2.39. The van der Waals surface area contributed by atoms with E-state index in [-0.39, 0.29) is 13.2 Å². The zero-order chi connectivity index (χ0) is 16.9. The molecule has 0 saturated carbocycles. The minimum absolute atomic E-state index is 0.00242. The standard InChI is InChI=1S/C16H21F3N2O2/c1-2-21(11-16(17,18)19)15(22)10-23-14-4-3-12-5-7-20-8-6-13(12)9-14/h3-4,9,20H,2,5-8,10-11H2,1H3. The molecule has 7 heteroatoms. The number of hydrogen-bond donors (Lipinski definition) is 1. The zero-order valence-corrected chi connectivity index (χ0v) is 13.1. The number of halogens is 3. The molecule has 2 rings (SSSR count). The van der Waals surface area contributed by atoms with Crippen LogP contribution >= 0.6 is 0 Å². The highest BCUT2D eigenvalue weighted by molar-refractivity contribution is 5.77. The molecule has 0 unspecified atom stereocenters. The molecule has 0 aromatic heterocycles. The lowest BCUT2D eigenvalue weighted by Crippen LogP contribution is -2.41. The molecule has 128 valence electrons. The molecule has 0 aliphatic carbocycles. The second-order valence-corrected chi connectivity index (χ2v) is 5.49. The average molecular weight is 330 g/mol. The van der Waals surface area contributed by atoms with Gasteiger partial charge in [-0.25, -0.2) is 0 Å². The van der Waals surface area contributed by atoms with Gasteiger partial charge in [-0.2, -0.15) is 13.2 Å². The smallest absolute Gasteiger partial charge is 0.406 e. The molecule has 1 aromatic rings. The minimum Gasteiger partial charge on any atom is -0.484 e. The number of ether oxygens (including phenoxy) is 1. The molecule has 1 amide bonds. The first-order valence-electron chi connectivity index (χ1n) is 7.69. The van der Waals surface area contributed by atoms with E-state index in [1.807, 2.05) is 12.1 Å². The summed E-state index contributed by atoms with van der Waals surface area (Å²) in [7, 11) is 0. The van der Waals surface area contributed by atoms with E-state index in [0.717, 1.165) is 36.4 Å². The molecule has 0 atom stereocenters. The van der Waals surface area contributed by atoms with Crippen molar-refractivity contribution >= 4 is 5.91 Å². The normalized spacial score (nSPS) is 14.8. The van der Waals surface area contributed by atoms with E-state index >= 15 is 0 Å². The van der Waals surface area contributed by atoms with Gasteiger partial charge in [-0.3, -0.25) is 4.79 Å². The maximum absolute atomic E-state index is 12.4. The Kier molecular flexibility index (Phi) is 5.87. The number of hydrogen-bond acceptors (Lipinski definition) is 3. The maximum atomic E-state index is 12.4. The molecular formula is C16H21F3N2O2. The Balaban J connectivity index is 1.94. The molecule has 1 N–H and O–H groups in total. The van der Waals surface area contributed by atoms with Crippen LogP contribution < -0.4 is 10.1 Å². The van der Waals surface area contributed by atoms with Crippen molar-refractivity contribution in [2.24, 2.45) is 0 Å². The first-order chi connectivity index (χ1) is 10.9. The van der Waals surface area contributed by atoms with Crippen molar-refractivity contribution in [3.8, 4) is 5.75 Å². The van der Waals surface area contributed by atoms with Gasteiger partial charge in [0.2, 0.25) is 0 Å². The third kappa shape index (κ3) is 5.42. The Morgan fingerprint density at radius 2 is 1.96 bits per heavy atom. The van der Waals surface area contributed by atoms with Gasteiger partial charge in [-0.15, -0.1) is 0 Å². The molecule has 1 heterocycles. The van der Waals surface area contributed by atoms with E-state index in [1.165, 1.54) is 12.5 Å². The van der Waals surface area contributed by atoms with Crippen molar-refractivity contribution in [3.05, 3.63) is 29.3 Å². The predicted octanol–water partition coefficient (Wildman–Crippen LogP) is 2.16. The number of nitrogens with zero attached hydrogens (tertiary/aromatic N) is 1. The van der Waals surface area contributed by atoms with Crippen molar-refractivity contribution in [3.63, 3.8) is 0 Å². The van der Waals surface area contributed by atoms with Crippen LogP contribution in [0.4, 0.5) is 13.2 Å². The molecule has 4 nitrogen and oxygen atoms in total. The van der Waals surface area contributed by atoms with Crippen LogP contribution in [-0.4, -0.2) is 49.8 Å². The average Bonchev–Trinajstić information content (AvgIpc) is 2.74. The first kappa shape index (κ1) is 17.6. The Hall–Kier alpha value is -1.76. The Labute approximate surface area is 133 Å². The lowest BCUT2D eigenvalue weighted by atomic mass is 10.0. The molecule has 1 aliphatic rings. The fraction of sp³-hybridized carbons (Fsp3) is 0.562. The van der Waals surface area contributed by atoms with Crippen LogP contribution in [0.5, 0.6) is 5.75 Å². The number of benzene rings is 1. The Morgan fingerprint density at radius 3 is 2.61 bits per heavy atom. The number of carbonyl (C=O) groups is 1. The highest BCUT2D eigenvalue weighted by Gasteiger charge is 2.32. The van der Waals surface area contributed by atoms with E-state index in [4.69, 9.17) is 4.74 Å². The monoisotopic (exact) mass is 330 g/mol. The van der Waals surface area contributed by atoms with Crippen LogP contribution in [-0.2, 0) is 17.6 Å². The van der Waals surface area contributed by atoms with Crippen LogP contribution in [0.3, 0.4) is 0 Å². The van der Waals surface area contributed by atoms with Crippen molar-refractivity contribution in [2.45, 2.75) is 25.9 Å². The number of carbonyl (C=O) groups excluding carboxylic acids is 1. The summed E-state index contributed by atoms with van der Waals surface area (Å²) < 4.78 is 42.6. The largest absolute Gasteiger partial charge is 0.484 e. The molecule has 1 aromatic carbocycles. The van der Waals surface area contributed by atoms with Crippen molar-refractivity contribution in [1.29, 1.82) is 0 Å². The minimum atomic E-state index is -4.40. The van der Waals surface area contributed by atoms with Gasteiger partial charge in [0.25, 0.3) is 5.91 Å². The number of likely N-dealkylation sites (N-methyl/N-ethyl adjacent to an activating group) is 1. The summed E-state index contributed by atoms with van der Waals surface area (Å²) in [6, 6.07) is 5.59. The van der Waals surface area contributed by atoms with Crippen molar-refractivity contribution in [1.82, 2.24) is 10.2 Å². The highest BCUT2D eigenvalue weighted by atomic mass is 19.4. The third-order valence-corrected chi connectivity index (χ3v) is 3.79. The Morgan fingerprint density at radius 1 is 1.26 bits per heavy atom. The van der Waals surface area contributed by atoms with Crippen LogP contribution in [0.25, 0.3) is 0 Å². The second-order valence-electron chi connectivity index (χ2n) is 5.49. The van der Waals surface area contributed by atoms with E-state index < -0.39 is 18.6 Å². The van der Waals surface area contributed by atoms with Gasteiger partial charge in [0.05, 0.1) is 0 Å². The fourth-order valence-electron chi connectivity index (χ4n) is 2.57. The van der Waals surface area contributed by atoms with Crippen LogP contribution in [0.1, 0.15) is 18.1 Å². The van der Waals surface area contributed by atoms with Crippen molar-refractivity contribution in [2.75, 3.05) is 32.8 Å². The van der Waals surface area contributed by atoms with Crippen LogP contribution in [0.15, 0.2) is 18.2 Å². The lowest BCUT2D eigenvalue weighted by molar-refractivity contribution is -0.161. The number of amides is 1. The predicted molar refractivity (Wildman–Crippen MR) is 80.5 cm³/mol. The number of rotatable bonds is 5. The van der Waals surface area contributed by atoms with Crippen LogP contribution in [0, 0.1) is 0 Å². The van der Waals surface area contributed by atoms with Gasteiger partial charge < -0.3 is 15.0 Å². The maximum Gasteiger partial charge on any atom is 0.406 e. The van der Waals surface area contributed by atoms with Crippen molar-refractivity contribution < 1.29 is 22.7 Å². The number of alkyl halides is 3. The van der Waals surface area contributed by atoms with E-state index in [2.05, 4.69) is 5.32 Å². The summed E-state index contributed by atoms with van der Waals surface area (Å²) in [6.07, 6.45) is -2.60. The summed E-state index contributed by atoms with van der Waals surface area (Å²) in [5, 5.41) is 3.30. The highest BCUT2D eigenvalue weighted by Crippen LogP contribution is 2.21. The lowest BCUT2D eigenvalue weighted by Gasteiger charge is -2.22. The van der Waals surface area contributed by atoms with Gasteiger partial charge in [0.1, 0.15) is 12.3 Å². The molecule has 23 heavy (non-hydrogen) atoms. The summed E-state index contributed by atoms with van der Waals surface area (Å²) >= 11 is 0.